The molecule has 0 bridgehead atoms. The summed E-state index contributed by atoms with van der Waals surface area (Å²) >= 11 is 1.39. The Morgan fingerprint density at radius 1 is 1.07 bits per heavy atom. The highest BCUT2D eigenvalue weighted by molar-refractivity contribution is 7.92. The fourth-order valence-electron chi connectivity index (χ4n) is 2.66. The van der Waals surface area contributed by atoms with Gasteiger partial charge in [0.15, 0.2) is 0 Å². The molecule has 3 aromatic rings. The summed E-state index contributed by atoms with van der Waals surface area (Å²) in [5.74, 6) is 0.597. The van der Waals surface area contributed by atoms with E-state index < -0.39 is 10.0 Å². The molecule has 5 nitrogen and oxygen atoms in total. The highest BCUT2D eigenvalue weighted by atomic mass is 32.2. The first-order valence-electron chi connectivity index (χ1n) is 8.11. The average molecular weight is 399 g/mol. The van der Waals surface area contributed by atoms with E-state index in [-0.39, 0.29) is 4.90 Å². The molecule has 0 radical (unpaired) electrons. The first-order chi connectivity index (χ1) is 12.9. The van der Waals surface area contributed by atoms with Crippen LogP contribution in [0.5, 0.6) is 5.75 Å². The van der Waals surface area contributed by atoms with Gasteiger partial charge in [-0.15, -0.1) is 11.3 Å². The van der Waals surface area contributed by atoms with Gasteiger partial charge in [0.2, 0.25) is 0 Å². The Kier molecular flexibility index (Phi) is 5.22. The molecule has 0 aliphatic heterocycles. The number of aryl methyl sites for hydroxylation is 1. The van der Waals surface area contributed by atoms with Crippen LogP contribution >= 0.6 is 11.3 Å². The molecule has 0 fully saturated rings. The van der Waals surface area contributed by atoms with E-state index in [1.165, 1.54) is 41.9 Å². The Labute approximate surface area is 163 Å². The summed E-state index contributed by atoms with van der Waals surface area (Å²) in [6.07, 6.45) is 0. The van der Waals surface area contributed by atoms with Gasteiger partial charge in [0.05, 0.1) is 17.7 Å². The summed E-state index contributed by atoms with van der Waals surface area (Å²) < 4.78 is 32.3. The molecule has 3 rings (SSSR count). The van der Waals surface area contributed by atoms with Crippen LogP contribution in [-0.4, -0.2) is 22.6 Å². The molecule has 1 heterocycles. The van der Waals surface area contributed by atoms with Gasteiger partial charge in [-0.2, -0.15) is 5.26 Å². The van der Waals surface area contributed by atoms with Crippen LogP contribution in [0.3, 0.4) is 0 Å². The first kappa shape index (κ1) is 19.0. The van der Waals surface area contributed by atoms with E-state index in [0.717, 1.165) is 16.0 Å². The number of hydrogen-bond acceptors (Lipinski definition) is 5. The van der Waals surface area contributed by atoms with Crippen molar-refractivity contribution in [1.82, 2.24) is 0 Å². The predicted molar refractivity (Wildman–Crippen MR) is 108 cm³/mol. The molecule has 0 saturated carbocycles. The number of anilines is 1. The standard InChI is InChI=1S/C20H18N2O3S2/c1-14-4-5-15(12-19(14)20-11-8-17(13-21)26-20)22(2)27(23,24)18-9-6-16(25-3)7-10-18/h4-12H,1-3H3. The number of nitriles is 1. The van der Waals surface area contributed by atoms with Gasteiger partial charge >= 0.3 is 0 Å². The van der Waals surface area contributed by atoms with Crippen LogP contribution in [0.1, 0.15) is 10.4 Å². The fraction of sp³-hybridized carbons (Fsp3) is 0.150. The van der Waals surface area contributed by atoms with E-state index in [1.807, 2.05) is 25.1 Å². The maximum atomic E-state index is 13.0. The van der Waals surface area contributed by atoms with Crippen molar-refractivity contribution in [3.63, 3.8) is 0 Å². The summed E-state index contributed by atoms with van der Waals surface area (Å²) in [7, 11) is -0.635. The van der Waals surface area contributed by atoms with Crippen molar-refractivity contribution < 1.29 is 13.2 Å². The lowest BCUT2D eigenvalue weighted by Crippen LogP contribution is -2.26. The van der Waals surface area contributed by atoms with Crippen LogP contribution < -0.4 is 9.04 Å². The molecule has 0 N–H and O–H groups in total. The SMILES string of the molecule is COc1ccc(S(=O)(=O)N(C)c2ccc(C)c(-c3ccc(C#N)s3)c2)cc1. The molecule has 0 aliphatic carbocycles. The topological polar surface area (TPSA) is 70.4 Å². The van der Waals surface area contributed by atoms with Crippen LogP contribution in [0.2, 0.25) is 0 Å². The molecule has 0 aliphatic rings. The minimum Gasteiger partial charge on any atom is -0.497 e. The van der Waals surface area contributed by atoms with E-state index in [4.69, 9.17) is 10.00 Å². The second-order valence-corrected chi connectivity index (χ2v) is 8.98. The first-order valence-corrected chi connectivity index (χ1v) is 10.4. The molecule has 138 valence electrons. The van der Waals surface area contributed by atoms with Crippen LogP contribution in [0, 0.1) is 18.3 Å². The summed E-state index contributed by atoms with van der Waals surface area (Å²) in [6.45, 7) is 1.96. The predicted octanol–water partition coefficient (Wildman–Crippen LogP) is 4.43. The molecule has 0 saturated heterocycles. The van der Waals surface area contributed by atoms with E-state index in [0.29, 0.717) is 16.3 Å². The van der Waals surface area contributed by atoms with Gasteiger partial charge in [-0.1, -0.05) is 6.07 Å². The quantitative estimate of drug-likeness (QED) is 0.637. The molecular weight excluding hydrogens is 380 g/mol. The van der Waals surface area contributed by atoms with Crippen molar-refractivity contribution >= 4 is 27.0 Å². The third-order valence-corrected chi connectivity index (χ3v) is 7.11. The Bertz CT molecular complexity index is 1110. The summed E-state index contributed by atoms with van der Waals surface area (Å²) in [4.78, 5) is 1.74. The number of hydrogen-bond donors (Lipinski definition) is 0. The highest BCUT2D eigenvalue weighted by Gasteiger charge is 2.22. The molecule has 27 heavy (non-hydrogen) atoms. The van der Waals surface area contributed by atoms with Gasteiger partial charge < -0.3 is 4.74 Å². The zero-order valence-corrected chi connectivity index (χ0v) is 16.8. The van der Waals surface area contributed by atoms with Crippen molar-refractivity contribution in [1.29, 1.82) is 5.26 Å². The number of ether oxygens (including phenoxy) is 1. The third-order valence-electron chi connectivity index (χ3n) is 4.28. The maximum absolute atomic E-state index is 13.0. The molecule has 0 spiro atoms. The Morgan fingerprint density at radius 3 is 2.37 bits per heavy atom. The molecular formula is C20H18N2O3S2. The summed E-state index contributed by atoms with van der Waals surface area (Å²) in [5.41, 5.74) is 2.48. The maximum Gasteiger partial charge on any atom is 0.264 e. The number of rotatable bonds is 5. The second kappa shape index (κ2) is 7.43. The van der Waals surface area contributed by atoms with Crippen molar-refractivity contribution in [3.8, 4) is 22.3 Å². The lowest BCUT2D eigenvalue weighted by atomic mass is 10.1. The third kappa shape index (κ3) is 3.68. The van der Waals surface area contributed by atoms with E-state index in [9.17, 15) is 8.42 Å². The number of sulfonamides is 1. The van der Waals surface area contributed by atoms with E-state index in [1.54, 1.807) is 24.3 Å². The minimum atomic E-state index is -3.70. The van der Waals surface area contributed by atoms with E-state index in [2.05, 4.69) is 6.07 Å². The molecule has 0 atom stereocenters. The Balaban J connectivity index is 2.00. The Hall–Kier alpha value is -2.82. The largest absolute Gasteiger partial charge is 0.497 e. The van der Waals surface area contributed by atoms with Gasteiger partial charge in [-0.3, -0.25) is 4.31 Å². The van der Waals surface area contributed by atoms with Crippen molar-refractivity contribution in [2.75, 3.05) is 18.5 Å². The number of methoxy groups -OCH3 is 1. The van der Waals surface area contributed by atoms with Crippen molar-refractivity contribution in [3.05, 3.63) is 65.0 Å². The van der Waals surface area contributed by atoms with Crippen LogP contribution in [0.25, 0.3) is 10.4 Å². The second-order valence-electron chi connectivity index (χ2n) is 5.92. The zero-order chi connectivity index (χ0) is 19.6. The summed E-state index contributed by atoms with van der Waals surface area (Å²) in [6, 6.07) is 17.6. The smallest absolute Gasteiger partial charge is 0.264 e. The van der Waals surface area contributed by atoms with Crippen LogP contribution in [-0.2, 0) is 10.0 Å². The lowest BCUT2D eigenvalue weighted by Gasteiger charge is -2.21. The molecule has 1 aromatic heterocycles. The van der Waals surface area contributed by atoms with Crippen LogP contribution in [0.15, 0.2) is 59.5 Å². The highest BCUT2D eigenvalue weighted by Crippen LogP contribution is 2.34. The zero-order valence-electron chi connectivity index (χ0n) is 15.1. The van der Waals surface area contributed by atoms with Crippen LogP contribution in [0.4, 0.5) is 5.69 Å². The minimum absolute atomic E-state index is 0.191. The van der Waals surface area contributed by atoms with Gasteiger partial charge in [0.1, 0.15) is 16.7 Å². The van der Waals surface area contributed by atoms with E-state index >= 15 is 0 Å². The summed E-state index contributed by atoms with van der Waals surface area (Å²) in [5, 5.41) is 9.04. The van der Waals surface area contributed by atoms with Crippen molar-refractivity contribution in [2.45, 2.75) is 11.8 Å². The monoisotopic (exact) mass is 398 g/mol. The van der Waals surface area contributed by atoms with Gasteiger partial charge in [0, 0.05) is 11.9 Å². The fourth-order valence-corrected chi connectivity index (χ4v) is 4.73. The number of nitrogens with zero attached hydrogens (tertiary/aromatic N) is 2. The van der Waals surface area contributed by atoms with Crippen molar-refractivity contribution in [2.24, 2.45) is 0 Å². The molecule has 0 amide bonds. The average Bonchev–Trinajstić information content (AvgIpc) is 3.17. The lowest BCUT2D eigenvalue weighted by molar-refractivity contribution is 0.414. The van der Waals surface area contributed by atoms with Gasteiger partial charge in [-0.05, 0) is 66.6 Å². The Morgan fingerprint density at radius 2 is 1.78 bits per heavy atom. The normalized spacial score (nSPS) is 11.0. The van der Waals surface area contributed by atoms with Gasteiger partial charge in [-0.25, -0.2) is 8.42 Å². The molecule has 0 unspecified atom stereocenters. The van der Waals surface area contributed by atoms with Gasteiger partial charge in [0.25, 0.3) is 10.0 Å². The molecule has 2 aromatic carbocycles. The number of benzene rings is 2. The molecule has 7 heteroatoms. The number of thiophene rings is 1.